The maximum Gasteiger partial charge on any atom is 0.229 e. The zero-order valence-electron chi connectivity index (χ0n) is 11.4. The number of nitrogens with two attached hydrogens (primary N) is 2. The van der Waals surface area contributed by atoms with Crippen LogP contribution in [0.2, 0.25) is 0 Å². The van der Waals surface area contributed by atoms with Gasteiger partial charge >= 0.3 is 0 Å². The lowest BCUT2D eigenvalue weighted by molar-refractivity contribution is -0.123. The van der Waals surface area contributed by atoms with Crippen LogP contribution < -0.4 is 16.8 Å². The summed E-state index contributed by atoms with van der Waals surface area (Å²) in [5.74, 6) is -0.629. The van der Waals surface area contributed by atoms with Crippen LogP contribution >= 0.6 is 0 Å². The minimum Gasteiger partial charge on any atom is -0.370 e. The molecule has 0 radical (unpaired) electrons. The molecule has 0 saturated heterocycles. The van der Waals surface area contributed by atoms with Crippen LogP contribution in [-0.4, -0.2) is 16.8 Å². The van der Waals surface area contributed by atoms with E-state index in [1.807, 2.05) is 20.8 Å². The minimum absolute atomic E-state index is 0.00405. The number of nitrogens with zero attached hydrogens (tertiary/aromatic N) is 1. The molecule has 6 heteroatoms. The van der Waals surface area contributed by atoms with Gasteiger partial charge in [-0.3, -0.25) is 14.6 Å². The quantitative estimate of drug-likeness (QED) is 0.751. The molecular weight excluding hydrogens is 244 g/mol. The van der Waals surface area contributed by atoms with E-state index in [1.54, 1.807) is 12.3 Å². The third kappa shape index (κ3) is 4.33. The molecule has 19 heavy (non-hydrogen) atoms. The van der Waals surface area contributed by atoms with Crippen molar-refractivity contribution in [3.05, 3.63) is 24.0 Å². The number of hydrogen-bond donors (Lipinski definition) is 3. The van der Waals surface area contributed by atoms with Crippen LogP contribution in [0.3, 0.4) is 0 Å². The van der Waals surface area contributed by atoms with Gasteiger partial charge in [-0.2, -0.15) is 0 Å². The van der Waals surface area contributed by atoms with E-state index < -0.39 is 17.4 Å². The van der Waals surface area contributed by atoms with Crippen LogP contribution in [0.5, 0.6) is 0 Å². The van der Waals surface area contributed by atoms with Gasteiger partial charge < -0.3 is 16.8 Å². The molecule has 0 aromatic carbocycles. The summed E-state index contributed by atoms with van der Waals surface area (Å²) in [5, 5.41) is 2.79. The lowest BCUT2D eigenvalue weighted by Gasteiger charge is -2.20. The minimum atomic E-state index is -0.582. The first-order chi connectivity index (χ1) is 8.71. The van der Waals surface area contributed by atoms with Crippen molar-refractivity contribution in [3.8, 4) is 0 Å². The largest absolute Gasteiger partial charge is 0.370 e. The Balaban J connectivity index is 2.96. The molecule has 0 aliphatic carbocycles. The van der Waals surface area contributed by atoms with Gasteiger partial charge in [0.05, 0.1) is 0 Å². The molecule has 1 atom stereocenters. The fourth-order valence-corrected chi connectivity index (χ4v) is 1.45. The molecule has 0 fully saturated rings. The zero-order chi connectivity index (χ0) is 14.6. The Morgan fingerprint density at radius 3 is 2.58 bits per heavy atom. The van der Waals surface area contributed by atoms with Crippen LogP contribution in [0.15, 0.2) is 18.5 Å². The van der Waals surface area contributed by atoms with Gasteiger partial charge in [0.1, 0.15) is 0 Å². The lowest BCUT2D eigenvalue weighted by Crippen LogP contribution is -2.29. The molecule has 1 heterocycles. The average Bonchev–Trinajstić information content (AvgIpc) is 2.27. The number of carbonyl (C=O) groups excluding carboxylic acids is 2. The van der Waals surface area contributed by atoms with Crippen LogP contribution in [0.4, 0.5) is 5.69 Å². The van der Waals surface area contributed by atoms with Gasteiger partial charge in [-0.1, -0.05) is 20.8 Å². The van der Waals surface area contributed by atoms with Crippen molar-refractivity contribution >= 4 is 17.5 Å². The highest BCUT2D eigenvalue weighted by atomic mass is 16.2. The van der Waals surface area contributed by atoms with Crippen LogP contribution in [0, 0.1) is 5.41 Å². The van der Waals surface area contributed by atoms with Gasteiger partial charge in [0, 0.05) is 41.5 Å². The van der Waals surface area contributed by atoms with E-state index in [9.17, 15) is 9.59 Å². The first-order valence-corrected chi connectivity index (χ1v) is 6.01. The van der Waals surface area contributed by atoms with Crippen molar-refractivity contribution in [3.63, 3.8) is 0 Å². The second-order valence-corrected chi connectivity index (χ2v) is 5.44. The Labute approximate surface area is 112 Å². The van der Waals surface area contributed by atoms with E-state index in [-0.39, 0.29) is 12.3 Å². The van der Waals surface area contributed by atoms with E-state index in [2.05, 4.69) is 10.3 Å². The summed E-state index contributed by atoms with van der Waals surface area (Å²) in [6, 6.07) is 1.07. The maximum atomic E-state index is 12.0. The smallest absolute Gasteiger partial charge is 0.229 e. The molecule has 0 bridgehead atoms. The summed E-state index contributed by atoms with van der Waals surface area (Å²) in [6.45, 7) is 5.44. The Hall–Kier alpha value is -1.95. The second-order valence-electron chi connectivity index (χ2n) is 5.44. The van der Waals surface area contributed by atoms with Crippen molar-refractivity contribution in [2.75, 3.05) is 5.32 Å². The molecule has 1 aromatic heterocycles. The fraction of sp³-hybridized carbons (Fsp3) is 0.462. The standard InChI is InChI=1S/C13H20N4O2/c1-13(2,3)12(19)17-10-4-5-16-7-8(10)9(14)6-11(15)18/h4-5,7,9H,6,14H2,1-3H3,(H2,15,18)(H,16,17,19). The number of rotatable bonds is 4. The topological polar surface area (TPSA) is 111 Å². The summed E-state index contributed by atoms with van der Waals surface area (Å²) >= 11 is 0. The second kappa shape index (κ2) is 5.79. The normalized spacial score (nSPS) is 12.8. The number of anilines is 1. The van der Waals surface area contributed by atoms with Crippen molar-refractivity contribution in [2.24, 2.45) is 16.9 Å². The fourth-order valence-electron chi connectivity index (χ4n) is 1.45. The highest BCUT2D eigenvalue weighted by Gasteiger charge is 2.23. The Morgan fingerprint density at radius 2 is 2.05 bits per heavy atom. The number of hydrogen-bond acceptors (Lipinski definition) is 4. The number of nitrogens with one attached hydrogen (secondary N) is 1. The predicted octanol–water partition coefficient (Wildman–Crippen LogP) is 0.941. The van der Waals surface area contributed by atoms with Gasteiger partial charge in [0.2, 0.25) is 11.8 Å². The maximum absolute atomic E-state index is 12.0. The predicted molar refractivity (Wildman–Crippen MR) is 73.1 cm³/mol. The van der Waals surface area contributed by atoms with Crippen molar-refractivity contribution in [2.45, 2.75) is 33.2 Å². The van der Waals surface area contributed by atoms with Crippen LogP contribution in [-0.2, 0) is 9.59 Å². The molecule has 0 spiro atoms. The molecule has 104 valence electrons. The molecule has 2 amide bonds. The summed E-state index contributed by atoms with van der Waals surface area (Å²) in [7, 11) is 0. The molecule has 0 saturated carbocycles. The Bertz CT molecular complexity index is 480. The SMILES string of the molecule is CC(C)(C)C(=O)Nc1ccncc1C(N)CC(N)=O. The number of amides is 2. The number of primary amides is 1. The van der Waals surface area contributed by atoms with E-state index in [0.717, 1.165) is 0 Å². The molecule has 0 aliphatic rings. The lowest BCUT2D eigenvalue weighted by atomic mass is 9.95. The summed E-state index contributed by atoms with van der Waals surface area (Å²) in [4.78, 5) is 26.8. The van der Waals surface area contributed by atoms with Gasteiger partial charge in [-0.05, 0) is 6.07 Å². The third-order valence-corrected chi connectivity index (χ3v) is 2.60. The molecule has 0 aliphatic heterocycles. The average molecular weight is 264 g/mol. The molecule has 1 unspecified atom stereocenters. The van der Waals surface area contributed by atoms with E-state index >= 15 is 0 Å². The number of aromatic nitrogens is 1. The van der Waals surface area contributed by atoms with Crippen LogP contribution in [0.1, 0.15) is 38.8 Å². The molecule has 6 nitrogen and oxygen atoms in total. The highest BCUT2D eigenvalue weighted by Crippen LogP contribution is 2.24. The Morgan fingerprint density at radius 1 is 1.42 bits per heavy atom. The molecular formula is C13H20N4O2. The summed E-state index contributed by atoms with van der Waals surface area (Å²) in [5.41, 5.74) is 11.6. The number of carbonyl (C=O) groups is 2. The molecule has 1 rings (SSSR count). The Kier molecular flexibility index (Phi) is 4.61. The van der Waals surface area contributed by atoms with Crippen molar-refractivity contribution < 1.29 is 9.59 Å². The van der Waals surface area contributed by atoms with E-state index in [0.29, 0.717) is 11.3 Å². The first kappa shape index (κ1) is 15.1. The number of pyridine rings is 1. The first-order valence-electron chi connectivity index (χ1n) is 6.01. The summed E-state index contributed by atoms with van der Waals surface area (Å²) in [6.07, 6.45) is 3.09. The van der Waals surface area contributed by atoms with Gasteiger partial charge in [0.25, 0.3) is 0 Å². The monoisotopic (exact) mass is 264 g/mol. The third-order valence-electron chi connectivity index (χ3n) is 2.60. The van der Waals surface area contributed by atoms with Gasteiger partial charge in [0.15, 0.2) is 0 Å². The van der Waals surface area contributed by atoms with Gasteiger partial charge in [-0.25, -0.2) is 0 Å². The van der Waals surface area contributed by atoms with E-state index in [1.165, 1.54) is 6.20 Å². The van der Waals surface area contributed by atoms with Crippen LogP contribution in [0.25, 0.3) is 0 Å². The molecule has 1 aromatic rings. The summed E-state index contributed by atoms with van der Waals surface area (Å²) < 4.78 is 0. The zero-order valence-corrected chi connectivity index (χ0v) is 11.4. The van der Waals surface area contributed by atoms with Crippen molar-refractivity contribution in [1.82, 2.24) is 4.98 Å². The highest BCUT2D eigenvalue weighted by molar-refractivity contribution is 5.95. The molecule has 5 N–H and O–H groups in total. The van der Waals surface area contributed by atoms with Gasteiger partial charge in [-0.15, -0.1) is 0 Å². The van der Waals surface area contributed by atoms with E-state index in [4.69, 9.17) is 11.5 Å². The van der Waals surface area contributed by atoms with Crippen molar-refractivity contribution in [1.29, 1.82) is 0 Å².